The average Bonchev–Trinajstić information content (AvgIpc) is 1.59. The number of nitrogens with one attached hydrogen (secondary N) is 1. The molecule has 12 heteroatoms. The van der Waals surface area contributed by atoms with Crippen molar-refractivity contribution in [1.29, 1.82) is 0 Å². The number of allylic oxidation sites excluding steroid dienone is 5. The van der Waals surface area contributed by atoms with Crippen LogP contribution in [-0.4, -0.2) is 5.71 Å². The van der Waals surface area contributed by atoms with Crippen molar-refractivity contribution in [3.05, 3.63) is 376 Å². The molecule has 0 bridgehead atoms. The molecular weight excluding hydrogens is 1450 g/mol. The van der Waals surface area contributed by atoms with Gasteiger partial charge in [-0.15, -0.1) is 0 Å². The molecule has 2 aliphatic heterocycles. The van der Waals surface area contributed by atoms with E-state index in [4.69, 9.17) is 54.8 Å². The van der Waals surface area contributed by atoms with Crippen LogP contribution < -0.4 is 24.3 Å². The molecule has 2 atom stereocenters. The number of hydrogen-bond acceptors (Lipinski definition) is 9. The molecule has 7 heterocycles. The number of hydrogen-bond donors (Lipinski definition) is 1. The van der Waals surface area contributed by atoms with Gasteiger partial charge >= 0.3 is 0 Å². The number of halogens is 2. The zero-order valence-electron chi connectivity index (χ0n) is 63.2. The lowest BCUT2D eigenvalue weighted by Crippen LogP contribution is -2.65. The van der Waals surface area contributed by atoms with Gasteiger partial charge in [-0.2, -0.15) is 0 Å². The molecule has 2 unspecified atom stereocenters. The van der Waals surface area contributed by atoms with Crippen molar-refractivity contribution in [3.8, 4) is 22.8 Å². The third-order valence-corrected chi connectivity index (χ3v) is 23.1. The summed E-state index contributed by atoms with van der Waals surface area (Å²) in [7, 11) is 0. The van der Waals surface area contributed by atoms with E-state index in [2.05, 4.69) is 268 Å². The summed E-state index contributed by atoms with van der Waals surface area (Å²) in [6.07, 6.45) is 7.92. The number of nitrogens with zero attached hydrogens (tertiary/aromatic N) is 2. The van der Waals surface area contributed by atoms with Crippen molar-refractivity contribution >= 4 is 167 Å². The fourth-order valence-electron chi connectivity index (χ4n) is 16.1. The van der Waals surface area contributed by atoms with Crippen LogP contribution in [0.5, 0.6) is 11.5 Å². The van der Waals surface area contributed by atoms with Gasteiger partial charge in [-0.1, -0.05) is 121 Å². The van der Waals surface area contributed by atoms with Crippen molar-refractivity contribution in [2.75, 3.05) is 9.80 Å². The Morgan fingerprint density at radius 1 is 0.342 bits per heavy atom. The van der Waals surface area contributed by atoms with Gasteiger partial charge in [0.2, 0.25) is 11.4 Å². The highest BCUT2D eigenvalue weighted by molar-refractivity contribution is 6.32. The minimum Gasteiger partial charge on any atom is -0.485 e. The Bertz CT molecular complexity index is 6760. The van der Waals surface area contributed by atoms with E-state index >= 15 is 0 Å². The molecular formula is C102H74Cl2N3O7+. The standard InChI is InChI=1S/C62H48N2O4.C22H17NO.C18H8Cl2O2/c1-37-13-19-47(29-39(37)3)63(45-21-15-41(16-22-45)57-31-43-9-5-7-11-55(43)65-57)49-25-27-51-53-35-62-54(36-61(53)67-59(51)33-49)52-28-26-50(34-60(52)68-62)64(48-20-14-38(2)40(4)30-48)46-23-17-42(18-24-46)58-32-44-10-6-8-12-56(44)66-58;1-15-7-10-20(13-16(15)2)23-19-11-8-17(9-12-19)22-14-18-5-3-4-6-21(18)24-22;19-9-1-3-11-13-7-18-14(8-17(13)21-15(11)5-9)12-4-2-10(20)6-16(12)22-18/h5-30,33-36,57-58H,31-32H2,1-4H3;3-14H,1H2,2H3;1-8H/p+1. The summed E-state index contributed by atoms with van der Waals surface area (Å²) in [6.45, 7) is 14.7. The second-order valence-electron chi connectivity index (χ2n) is 30.0. The van der Waals surface area contributed by atoms with Gasteiger partial charge in [0.25, 0.3) is 0 Å². The molecule has 5 aromatic heterocycles. The van der Waals surface area contributed by atoms with Crippen LogP contribution in [0.3, 0.4) is 0 Å². The minimum absolute atomic E-state index is 0.00105. The van der Waals surface area contributed by atoms with Gasteiger partial charge in [0, 0.05) is 160 Å². The van der Waals surface area contributed by atoms with Gasteiger partial charge in [-0.05, 0) is 254 Å². The molecule has 1 aliphatic carbocycles. The molecule has 10 nitrogen and oxygen atoms in total. The summed E-state index contributed by atoms with van der Waals surface area (Å²) in [4.78, 5) is 8.04. The summed E-state index contributed by atoms with van der Waals surface area (Å²) in [5.74, 6) is 2.84. The quantitative estimate of drug-likeness (QED) is 0.143. The molecule has 114 heavy (non-hydrogen) atoms. The first-order valence-corrected chi connectivity index (χ1v) is 39.1. The maximum absolute atomic E-state index is 6.76. The molecule has 0 fully saturated rings. The third kappa shape index (κ3) is 13.0. The van der Waals surface area contributed by atoms with E-state index in [1.54, 1.807) is 0 Å². The van der Waals surface area contributed by atoms with E-state index in [-0.39, 0.29) is 12.2 Å². The average molecular weight is 1520 g/mol. The number of para-hydroxylation sites is 3. The highest BCUT2D eigenvalue weighted by Crippen LogP contribution is 2.47. The first-order valence-electron chi connectivity index (χ1n) is 38.3. The minimum atomic E-state index is 0.00105. The van der Waals surface area contributed by atoms with Crippen LogP contribution in [-0.2, 0) is 12.8 Å². The van der Waals surface area contributed by atoms with Gasteiger partial charge in [-0.25, -0.2) is 4.99 Å². The lowest BCUT2D eigenvalue weighted by Gasteiger charge is -2.26. The monoisotopic (exact) mass is 1520 g/mol. The predicted molar refractivity (Wildman–Crippen MR) is 467 cm³/mol. The maximum atomic E-state index is 6.76. The lowest BCUT2D eigenvalue weighted by molar-refractivity contribution is -0.351. The molecule has 0 saturated heterocycles. The number of rotatable bonds is 10. The van der Waals surface area contributed by atoms with Crippen LogP contribution in [0.1, 0.15) is 63.6 Å². The van der Waals surface area contributed by atoms with E-state index in [0.717, 1.165) is 197 Å². The zero-order chi connectivity index (χ0) is 77.0. The Balaban J connectivity index is 0.000000147. The van der Waals surface area contributed by atoms with Gasteiger partial charge in [0.15, 0.2) is 0 Å². The number of aryl methyl sites for hydroxylation is 4. The van der Waals surface area contributed by atoms with Crippen molar-refractivity contribution < 1.29 is 36.6 Å². The summed E-state index contributed by atoms with van der Waals surface area (Å²) in [6, 6.07) is 98.7. The molecule has 3 aliphatic rings. The SMILES string of the molecule is C=C1C=CC(=[NH+]c2ccc(-c3cc4ccccc4o3)cc2)C=C1C.Cc1ccc(N(c2ccc(C3Cc4ccccc4O3)cc2)c2ccc3c(c2)oc2cc4c(cc23)oc2cc(N(c3ccc(C5Cc6ccccc6O5)cc3)c3ccc(C)c(C)c3)ccc24)cc1C.Clc1ccc2c(c1)oc1cc3c(cc12)oc1cc(Cl)ccc13. The maximum Gasteiger partial charge on any atom is 0.204 e. The van der Waals surface area contributed by atoms with Crippen LogP contribution in [0.4, 0.5) is 39.8 Å². The molecule has 0 spiro atoms. The topological polar surface area (TPSA) is 105 Å². The Morgan fingerprint density at radius 2 is 0.746 bits per heavy atom. The molecule has 0 amide bonds. The molecule has 552 valence electrons. The van der Waals surface area contributed by atoms with E-state index in [9.17, 15) is 0 Å². The lowest BCUT2D eigenvalue weighted by atomic mass is 10.0. The Morgan fingerprint density at radius 3 is 1.19 bits per heavy atom. The molecule has 0 saturated carbocycles. The predicted octanol–water partition coefficient (Wildman–Crippen LogP) is 28.1. The zero-order valence-corrected chi connectivity index (χ0v) is 64.7. The van der Waals surface area contributed by atoms with Crippen LogP contribution in [0.25, 0.3) is 110 Å². The number of fused-ring (bicyclic) bond motifs is 15. The smallest absolute Gasteiger partial charge is 0.204 e. The Hall–Kier alpha value is -13.5. The van der Waals surface area contributed by atoms with E-state index < -0.39 is 0 Å². The van der Waals surface area contributed by atoms with Crippen LogP contribution >= 0.6 is 23.2 Å². The van der Waals surface area contributed by atoms with Crippen molar-refractivity contribution in [3.63, 3.8) is 0 Å². The number of ether oxygens (including phenoxy) is 2. The molecule has 22 rings (SSSR count). The fraction of sp³-hybridized carbons (Fsp3) is 0.0882. The summed E-state index contributed by atoms with van der Waals surface area (Å²) >= 11 is 12.1. The fourth-order valence-corrected chi connectivity index (χ4v) is 16.4. The normalized spacial score (nSPS) is 14.7. The van der Waals surface area contributed by atoms with Crippen LogP contribution in [0.15, 0.2) is 343 Å². The highest BCUT2D eigenvalue weighted by Gasteiger charge is 2.28. The number of furan rings is 5. The third-order valence-electron chi connectivity index (χ3n) is 22.6. The van der Waals surface area contributed by atoms with Crippen LogP contribution in [0.2, 0.25) is 10.0 Å². The van der Waals surface area contributed by atoms with Gasteiger partial charge < -0.3 is 41.4 Å². The van der Waals surface area contributed by atoms with Crippen molar-refractivity contribution in [2.45, 2.75) is 59.7 Å². The van der Waals surface area contributed by atoms with Gasteiger partial charge in [-0.3, -0.25) is 0 Å². The second-order valence-corrected chi connectivity index (χ2v) is 30.8. The first-order chi connectivity index (χ1) is 55.6. The van der Waals surface area contributed by atoms with Crippen molar-refractivity contribution in [1.82, 2.24) is 0 Å². The largest absolute Gasteiger partial charge is 0.485 e. The van der Waals surface area contributed by atoms with Crippen LogP contribution in [0, 0.1) is 27.7 Å². The van der Waals surface area contributed by atoms with Gasteiger partial charge in [0.05, 0.1) is 0 Å². The summed E-state index contributed by atoms with van der Waals surface area (Å²) in [5.41, 5.74) is 29.0. The van der Waals surface area contributed by atoms with E-state index in [1.165, 1.54) is 39.0 Å². The Labute approximate surface area is 667 Å². The molecule has 14 aromatic carbocycles. The highest BCUT2D eigenvalue weighted by atomic mass is 35.5. The summed E-state index contributed by atoms with van der Waals surface area (Å²) in [5, 5.41) is 10.7. The molecule has 19 aromatic rings. The van der Waals surface area contributed by atoms with Gasteiger partial charge in [0.1, 0.15) is 79.7 Å². The number of anilines is 6. The van der Waals surface area contributed by atoms with Crippen molar-refractivity contribution in [2.24, 2.45) is 0 Å². The molecule has 0 radical (unpaired) electrons. The Kier molecular flexibility index (Phi) is 17.3. The summed E-state index contributed by atoms with van der Waals surface area (Å²) < 4.78 is 44.0. The first kappa shape index (κ1) is 69.7. The second kappa shape index (κ2) is 28.4. The molecule has 1 N–H and O–H groups in total. The number of benzene rings is 14. The van der Waals surface area contributed by atoms with E-state index in [1.807, 2.05) is 91.0 Å². The van der Waals surface area contributed by atoms with E-state index in [0.29, 0.717) is 10.0 Å².